The Kier molecular flexibility index (Phi) is 4.20. The molecule has 0 saturated carbocycles. The highest BCUT2D eigenvalue weighted by molar-refractivity contribution is 6.37. The molecule has 18 heavy (non-hydrogen) atoms. The van der Waals surface area contributed by atoms with Crippen LogP contribution < -0.4 is 16.2 Å². The zero-order chi connectivity index (χ0) is 13.3. The van der Waals surface area contributed by atoms with Gasteiger partial charge in [0, 0.05) is 13.1 Å². The molecule has 1 aliphatic rings. The van der Waals surface area contributed by atoms with Crippen molar-refractivity contribution in [1.29, 1.82) is 0 Å². The van der Waals surface area contributed by atoms with E-state index in [1.165, 1.54) is 6.42 Å². The van der Waals surface area contributed by atoms with E-state index in [1.807, 2.05) is 0 Å². The van der Waals surface area contributed by atoms with Crippen LogP contribution in [0.5, 0.6) is 0 Å². The number of nitrogen functional groups attached to an aromatic ring is 1. The van der Waals surface area contributed by atoms with E-state index in [0.29, 0.717) is 27.7 Å². The summed E-state index contributed by atoms with van der Waals surface area (Å²) < 4.78 is 0. The average Bonchev–Trinajstić information content (AvgIpc) is 2.27. The molecule has 1 aromatic heterocycles. The van der Waals surface area contributed by atoms with Crippen LogP contribution in [0.3, 0.4) is 0 Å². The molecule has 1 aliphatic heterocycles. The van der Waals surface area contributed by atoms with Crippen LogP contribution in [0.1, 0.15) is 20.3 Å². The van der Waals surface area contributed by atoms with Gasteiger partial charge in [0.1, 0.15) is 5.82 Å². The molecule has 100 valence electrons. The summed E-state index contributed by atoms with van der Waals surface area (Å²) >= 11 is 12.2. The van der Waals surface area contributed by atoms with Crippen molar-refractivity contribution >= 4 is 34.8 Å². The number of aromatic nitrogens is 1. The lowest BCUT2D eigenvalue weighted by atomic mass is 9.92. The van der Waals surface area contributed by atoms with Gasteiger partial charge in [-0.15, -0.1) is 0 Å². The molecule has 3 N–H and O–H groups in total. The first kappa shape index (κ1) is 13.7. The normalized spacial score (nSPS) is 24.2. The van der Waals surface area contributed by atoms with Gasteiger partial charge >= 0.3 is 0 Å². The van der Waals surface area contributed by atoms with Crippen LogP contribution in [-0.4, -0.2) is 18.1 Å². The number of anilines is 2. The van der Waals surface area contributed by atoms with Crippen LogP contribution in [0.15, 0.2) is 6.07 Å². The van der Waals surface area contributed by atoms with Crippen LogP contribution >= 0.6 is 23.2 Å². The molecule has 0 spiro atoms. The van der Waals surface area contributed by atoms with Gasteiger partial charge in [0.25, 0.3) is 0 Å². The zero-order valence-electron chi connectivity index (χ0n) is 10.6. The molecule has 1 fully saturated rings. The Morgan fingerprint density at radius 1 is 1.28 bits per heavy atom. The molecule has 0 amide bonds. The molecule has 2 unspecified atom stereocenters. The summed E-state index contributed by atoms with van der Waals surface area (Å²) in [5.41, 5.74) is 2.50. The molecular formula is C12H18Cl2N4. The Labute approximate surface area is 117 Å². The Hall–Kier alpha value is -0.710. The Bertz CT molecular complexity index is 428. The third-order valence-corrected chi connectivity index (χ3v) is 3.78. The number of halogens is 2. The average molecular weight is 289 g/mol. The second kappa shape index (κ2) is 5.51. The maximum Gasteiger partial charge on any atom is 0.161 e. The van der Waals surface area contributed by atoms with Gasteiger partial charge in [-0.3, -0.25) is 0 Å². The van der Waals surface area contributed by atoms with Crippen molar-refractivity contribution in [2.24, 2.45) is 17.7 Å². The number of nitrogens with zero attached hydrogens (tertiary/aromatic N) is 2. The predicted molar refractivity (Wildman–Crippen MR) is 77.2 cm³/mol. The SMILES string of the molecule is CC1CC(C)CN(c2nc(NN)c(Cl)cc2Cl)C1. The molecule has 4 nitrogen and oxygen atoms in total. The Balaban J connectivity index is 2.32. The van der Waals surface area contributed by atoms with E-state index in [0.717, 1.165) is 18.9 Å². The Morgan fingerprint density at radius 3 is 2.44 bits per heavy atom. The molecule has 2 atom stereocenters. The lowest BCUT2D eigenvalue weighted by Crippen LogP contribution is -2.39. The minimum atomic E-state index is 0.435. The largest absolute Gasteiger partial charge is 0.355 e. The van der Waals surface area contributed by atoms with E-state index < -0.39 is 0 Å². The first-order valence-corrected chi connectivity index (χ1v) is 6.84. The third kappa shape index (κ3) is 2.82. The maximum absolute atomic E-state index is 6.23. The van der Waals surface area contributed by atoms with Gasteiger partial charge in [-0.25, -0.2) is 10.8 Å². The smallest absolute Gasteiger partial charge is 0.161 e. The molecular weight excluding hydrogens is 271 g/mol. The first-order chi connectivity index (χ1) is 8.51. The van der Waals surface area contributed by atoms with Gasteiger partial charge in [-0.2, -0.15) is 0 Å². The number of pyridine rings is 1. The molecule has 0 aliphatic carbocycles. The predicted octanol–water partition coefficient (Wildman–Crippen LogP) is 3.16. The summed E-state index contributed by atoms with van der Waals surface area (Å²) in [6.45, 7) is 6.41. The van der Waals surface area contributed by atoms with Crippen LogP contribution in [-0.2, 0) is 0 Å². The first-order valence-electron chi connectivity index (χ1n) is 6.08. The fourth-order valence-electron chi connectivity index (χ4n) is 2.62. The fourth-order valence-corrected chi connectivity index (χ4v) is 3.15. The minimum absolute atomic E-state index is 0.435. The maximum atomic E-state index is 6.23. The van der Waals surface area contributed by atoms with Crippen molar-refractivity contribution < 1.29 is 0 Å². The van der Waals surface area contributed by atoms with Crippen molar-refractivity contribution in [2.75, 3.05) is 23.4 Å². The lowest BCUT2D eigenvalue weighted by molar-refractivity contribution is 0.355. The van der Waals surface area contributed by atoms with Gasteiger partial charge in [0.2, 0.25) is 0 Å². The van der Waals surface area contributed by atoms with E-state index in [4.69, 9.17) is 29.0 Å². The molecule has 2 rings (SSSR count). The molecule has 0 bridgehead atoms. The highest BCUT2D eigenvalue weighted by Crippen LogP contribution is 2.34. The quantitative estimate of drug-likeness (QED) is 0.648. The highest BCUT2D eigenvalue weighted by atomic mass is 35.5. The summed E-state index contributed by atoms with van der Waals surface area (Å²) in [5, 5.41) is 1.00. The summed E-state index contributed by atoms with van der Waals surface area (Å²) in [6, 6.07) is 1.69. The summed E-state index contributed by atoms with van der Waals surface area (Å²) in [4.78, 5) is 6.62. The molecule has 2 heterocycles. The topological polar surface area (TPSA) is 54.2 Å². The number of hydrogen-bond donors (Lipinski definition) is 2. The van der Waals surface area contributed by atoms with Crippen LogP contribution in [0, 0.1) is 11.8 Å². The minimum Gasteiger partial charge on any atom is -0.355 e. The Morgan fingerprint density at radius 2 is 1.89 bits per heavy atom. The number of hydrogen-bond acceptors (Lipinski definition) is 4. The molecule has 6 heteroatoms. The van der Waals surface area contributed by atoms with Crippen molar-refractivity contribution in [3.05, 3.63) is 16.1 Å². The highest BCUT2D eigenvalue weighted by Gasteiger charge is 2.25. The standard InChI is InChI=1S/C12H18Cl2N4/c1-7-3-8(2)6-18(5-7)12-10(14)4-9(13)11(16-12)17-15/h4,7-8H,3,5-6,15H2,1-2H3,(H,16,17). The number of nitrogens with two attached hydrogens (primary N) is 1. The second-order valence-electron chi connectivity index (χ2n) is 5.12. The van der Waals surface area contributed by atoms with Gasteiger partial charge < -0.3 is 10.3 Å². The van der Waals surface area contributed by atoms with E-state index in [2.05, 4.69) is 29.2 Å². The van der Waals surface area contributed by atoms with Gasteiger partial charge in [0.15, 0.2) is 5.82 Å². The summed E-state index contributed by atoms with van der Waals surface area (Å²) in [7, 11) is 0. The molecule has 1 aromatic rings. The fraction of sp³-hybridized carbons (Fsp3) is 0.583. The molecule has 0 aromatic carbocycles. The van der Waals surface area contributed by atoms with E-state index in [1.54, 1.807) is 6.07 Å². The zero-order valence-corrected chi connectivity index (χ0v) is 12.1. The van der Waals surface area contributed by atoms with Gasteiger partial charge in [-0.1, -0.05) is 37.0 Å². The number of piperidine rings is 1. The van der Waals surface area contributed by atoms with E-state index in [-0.39, 0.29) is 0 Å². The van der Waals surface area contributed by atoms with Crippen LogP contribution in [0.4, 0.5) is 11.6 Å². The molecule has 0 radical (unpaired) electrons. The lowest BCUT2D eigenvalue weighted by Gasteiger charge is -2.36. The number of nitrogens with one attached hydrogen (secondary N) is 1. The van der Waals surface area contributed by atoms with Crippen molar-refractivity contribution in [2.45, 2.75) is 20.3 Å². The number of hydrazine groups is 1. The van der Waals surface area contributed by atoms with Crippen molar-refractivity contribution in [1.82, 2.24) is 4.98 Å². The van der Waals surface area contributed by atoms with E-state index >= 15 is 0 Å². The van der Waals surface area contributed by atoms with Crippen LogP contribution in [0.2, 0.25) is 10.0 Å². The van der Waals surface area contributed by atoms with E-state index in [9.17, 15) is 0 Å². The summed E-state index contributed by atoms with van der Waals surface area (Å²) in [5.74, 6) is 7.88. The van der Waals surface area contributed by atoms with Gasteiger partial charge in [0.05, 0.1) is 10.0 Å². The van der Waals surface area contributed by atoms with Gasteiger partial charge in [-0.05, 0) is 24.3 Å². The summed E-state index contributed by atoms with van der Waals surface area (Å²) in [6.07, 6.45) is 1.24. The van der Waals surface area contributed by atoms with Crippen LogP contribution in [0.25, 0.3) is 0 Å². The monoisotopic (exact) mass is 288 g/mol. The second-order valence-corrected chi connectivity index (χ2v) is 5.93. The molecule has 1 saturated heterocycles. The number of rotatable bonds is 2. The third-order valence-electron chi connectivity index (χ3n) is 3.22. The van der Waals surface area contributed by atoms with Crippen molar-refractivity contribution in [3.8, 4) is 0 Å². The van der Waals surface area contributed by atoms with Crippen molar-refractivity contribution in [3.63, 3.8) is 0 Å².